The Morgan fingerprint density at radius 1 is 1.33 bits per heavy atom. The zero-order chi connectivity index (χ0) is 15.0. The number of imidazole rings is 1. The van der Waals surface area contributed by atoms with E-state index in [4.69, 9.17) is 0 Å². The van der Waals surface area contributed by atoms with Crippen LogP contribution in [0.2, 0.25) is 0 Å². The van der Waals surface area contributed by atoms with Crippen molar-refractivity contribution in [3.05, 3.63) is 58.3 Å². The van der Waals surface area contributed by atoms with E-state index in [1.165, 1.54) is 5.56 Å². The highest BCUT2D eigenvalue weighted by molar-refractivity contribution is 9.10. The van der Waals surface area contributed by atoms with Crippen molar-refractivity contribution in [2.45, 2.75) is 13.3 Å². The average Bonchev–Trinajstić information content (AvgIpc) is 2.90. The highest BCUT2D eigenvalue weighted by atomic mass is 79.9. The minimum atomic E-state index is -0.961. The van der Waals surface area contributed by atoms with Gasteiger partial charge in [-0.1, -0.05) is 28.9 Å². The van der Waals surface area contributed by atoms with E-state index in [1.54, 1.807) is 18.5 Å². The molecule has 5 heteroatoms. The molecular weight excluding hydrogens is 332 g/mol. The van der Waals surface area contributed by atoms with Crippen LogP contribution in [0.4, 0.5) is 0 Å². The van der Waals surface area contributed by atoms with Crippen LogP contribution >= 0.6 is 15.9 Å². The van der Waals surface area contributed by atoms with Crippen molar-refractivity contribution < 1.29 is 9.90 Å². The lowest BCUT2D eigenvalue weighted by molar-refractivity contribution is 0.0699. The normalized spacial score (nSPS) is 11.0. The number of aryl methyl sites for hydroxylation is 1. The topological polar surface area (TPSA) is 55.1 Å². The SMILES string of the molecule is CCc1cc(Br)ccc1-n1cnc2c(C(=O)O)cccc21. The fourth-order valence-corrected chi connectivity index (χ4v) is 2.88. The second-order valence-electron chi connectivity index (χ2n) is 4.72. The standard InChI is InChI=1S/C16H13BrN2O2/c1-2-10-8-11(17)6-7-13(10)19-9-18-15-12(16(20)21)4-3-5-14(15)19/h3-9H,2H2,1H3,(H,20,21). The number of nitrogens with zero attached hydrogens (tertiary/aromatic N) is 2. The van der Waals surface area contributed by atoms with E-state index in [-0.39, 0.29) is 5.56 Å². The Labute approximate surface area is 130 Å². The minimum Gasteiger partial charge on any atom is -0.478 e. The number of aromatic nitrogens is 2. The van der Waals surface area contributed by atoms with Gasteiger partial charge in [0, 0.05) is 4.47 Å². The zero-order valence-electron chi connectivity index (χ0n) is 11.4. The summed E-state index contributed by atoms with van der Waals surface area (Å²) in [5.74, 6) is -0.961. The summed E-state index contributed by atoms with van der Waals surface area (Å²) in [6.07, 6.45) is 2.56. The van der Waals surface area contributed by atoms with Crippen LogP contribution in [0.3, 0.4) is 0 Å². The molecule has 4 nitrogen and oxygen atoms in total. The first-order valence-electron chi connectivity index (χ1n) is 6.60. The van der Waals surface area contributed by atoms with Crippen LogP contribution < -0.4 is 0 Å². The Hall–Kier alpha value is -2.14. The molecule has 0 aliphatic rings. The molecular formula is C16H13BrN2O2. The molecule has 0 saturated heterocycles. The number of carbonyl (C=O) groups is 1. The molecule has 21 heavy (non-hydrogen) atoms. The van der Waals surface area contributed by atoms with E-state index in [9.17, 15) is 9.90 Å². The zero-order valence-corrected chi connectivity index (χ0v) is 13.0. The van der Waals surface area contributed by atoms with Gasteiger partial charge in [0.15, 0.2) is 0 Å². The van der Waals surface area contributed by atoms with Crippen LogP contribution in [0.5, 0.6) is 0 Å². The Bertz CT molecular complexity index is 839. The molecule has 1 heterocycles. The number of carboxylic acid groups (broad SMARTS) is 1. The number of para-hydroxylation sites is 1. The van der Waals surface area contributed by atoms with Crippen LogP contribution in [-0.2, 0) is 6.42 Å². The van der Waals surface area contributed by atoms with Crippen molar-refractivity contribution in [3.8, 4) is 5.69 Å². The molecule has 0 saturated carbocycles. The lowest BCUT2D eigenvalue weighted by atomic mass is 10.1. The molecule has 0 aliphatic carbocycles. The fraction of sp³-hybridized carbons (Fsp3) is 0.125. The summed E-state index contributed by atoms with van der Waals surface area (Å²) >= 11 is 3.48. The van der Waals surface area contributed by atoms with Gasteiger partial charge in [0.2, 0.25) is 0 Å². The molecule has 1 N–H and O–H groups in total. The van der Waals surface area contributed by atoms with Gasteiger partial charge < -0.3 is 5.11 Å². The molecule has 0 amide bonds. The van der Waals surface area contributed by atoms with Gasteiger partial charge in [-0.25, -0.2) is 9.78 Å². The van der Waals surface area contributed by atoms with Gasteiger partial charge >= 0.3 is 5.97 Å². The second kappa shape index (κ2) is 5.33. The largest absolute Gasteiger partial charge is 0.478 e. The van der Waals surface area contributed by atoms with Crippen LogP contribution in [0.15, 0.2) is 47.2 Å². The third-order valence-electron chi connectivity index (χ3n) is 3.49. The molecule has 0 fully saturated rings. The van der Waals surface area contributed by atoms with Crippen molar-refractivity contribution in [1.82, 2.24) is 9.55 Å². The van der Waals surface area contributed by atoms with E-state index in [1.807, 2.05) is 22.8 Å². The van der Waals surface area contributed by atoms with Crippen molar-refractivity contribution in [2.75, 3.05) is 0 Å². The Kier molecular flexibility index (Phi) is 3.51. The van der Waals surface area contributed by atoms with Gasteiger partial charge in [-0.2, -0.15) is 0 Å². The van der Waals surface area contributed by atoms with Crippen molar-refractivity contribution in [2.24, 2.45) is 0 Å². The number of benzene rings is 2. The third kappa shape index (κ3) is 2.34. The van der Waals surface area contributed by atoms with Crippen molar-refractivity contribution in [1.29, 1.82) is 0 Å². The van der Waals surface area contributed by atoms with E-state index >= 15 is 0 Å². The molecule has 2 aromatic carbocycles. The van der Waals surface area contributed by atoms with Crippen LogP contribution in [0.25, 0.3) is 16.7 Å². The number of halogens is 1. The van der Waals surface area contributed by atoms with E-state index in [0.717, 1.165) is 22.1 Å². The number of fused-ring (bicyclic) bond motifs is 1. The average molecular weight is 345 g/mol. The summed E-state index contributed by atoms with van der Waals surface area (Å²) in [5, 5.41) is 9.24. The molecule has 3 rings (SSSR count). The van der Waals surface area contributed by atoms with Crippen LogP contribution in [0, 0.1) is 0 Å². The maximum absolute atomic E-state index is 11.3. The number of rotatable bonds is 3. The van der Waals surface area contributed by atoms with Gasteiger partial charge in [0.05, 0.1) is 16.8 Å². The predicted octanol–water partition coefficient (Wildman–Crippen LogP) is 4.05. The highest BCUT2D eigenvalue weighted by Crippen LogP contribution is 2.26. The van der Waals surface area contributed by atoms with E-state index in [2.05, 4.69) is 33.9 Å². The van der Waals surface area contributed by atoms with Gasteiger partial charge in [-0.15, -0.1) is 0 Å². The summed E-state index contributed by atoms with van der Waals surface area (Å²) in [7, 11) is 0. The van der Waals surface area contributed by atoms with Crippen LogP contribution in [0.1, 0.15) is 22.8 Å². The molecule has 0 bridgehead atoms. The molecule has 1 aromatic heterocycles. The Morgan fingerprint density at radius 2 is 2.14 bits per heavy atom. The van der Waals surface area contributed by atoms with Crippen molar-refractivity contribution >= 4 is 32.9 Å². The van der Waals surface area contributed by atoms with Crippen LogP contribution in [-0.4, -0.2) is 20.6 Å². The monoisotopic (exact) mass is 344 g/mol. The third-order valence-corrected chi connectivity index (χ3v) is 3.98. The summed E-state index contributed by atoms with van der Waals surface area (Å²) in [6, 6.07) is 11.3. The van der Waals surface area contributed by atoms with E-state index < -0.39 is 5.97 Å². The molecule has 106 valence electrons. The number of aromatic carboxylic acids is 1. The smallest absolute Gasteiger partial charge is 0.337 e. The molecule has 0 aliphatic heterocycles. The van der Waals surface area contributed by atoms with E-state index in [0.29, 0.717) is 5.52 Å². The van der Waals surface area contributed by atoms with Gasteiger partial charge in [-0.3, -0.25) is 4.57 Å². The Morgan fingerprint density at radius 3 is 2.86 bits per heavy atom. The fourth-order valence-electron chi connectivity index (χ4n) is 2.48. The van der Waals surface area contributed by atoms with Gasteiger partial charge in [0.1, 0.15) is 11.8 Å². The maximum atomic E-state index is 11.3. The number of hydrogen-bond acceptors (Lipinski definition) is 2. The highest BCUT2D eigenvalue weighted by Gasteiger charge is 2.14. The Balaban J connectivity index is 2.27. The van der Waals surface area contributed by atoms with Crippen molar-refractivity contribution in [3.63, 3.8) is 0 Å². The number of carboxylic acids is 1. The second-order valence-corrected chi connectivity index (χ2v) is 5.64. The lowest BCUT2D eigenvalue weighted by Gasteiger charge is -2.10. The molecule has 0 atom stereocenters. The molecule has 0 spiro atoms. The first-order chi connectivity index (χ1) is 10.1. The summed E-state index contributed by atoms with van der Waals surface area (Å²) < 4.78 is 2.96. The molecule has 3 aromatic rings. The first-order valence-corrected chi connectivity index (χ1v) is 7.39. The quantitative estimate of drug-likeness (QED) is 0.779. The molecule has 0 radical (unpaired) electrons. The number of hydrogen-bond donors (Lipinski definition) is 1. The minimum absolute atomic E-state index is 0.224. The summed E-state index contributed by atoms with van der Waals surface area (Å²) in [6.45, 7) is 2.09. The summed E-state index contributed by atoms with van der Waals surface area (Å²) in [4.78, 5) is 15.6. The predicted molar refractivity (Wildman–Crippen MR) is 85.1 cm³/mol. The maximum Gasteiger partial charge on any atom is 0.337 e. The molecule has 0 unspecified atom stereocenters. The summed E-state index contributed by atoms with van der Waals surface area (Å²) in [5.41, 5.74) is 3.72. The van der Waals surface area contributed by atoms with Gasteiger partial charge in [-0.05, 0) is 42.3 Å². The first kappa shape index (κ1) is 13.8. The van der Waals surface area contributed by atoms with Gasteiger partial charge in [0.25, 0.3) is 0 Å². The lowest BCUT2D eigenvalue weighted by Crippen LogP contribution is -1.99.